The van der Waals surface area contributed by atoms with Gasteiger partial charge in [0.25, 0.3) is 0 Å². The lowest BCUT2D eigenvalue weighted by atomic mass is 9.84. The van der Waals surface area contributed by atoms with Crippen LogP contribution < -0.4 is 4.74 Å². The molecule has 0 unspecified atom stereocenters. The summed E-state index contributed by atoms with van der Waals surface area (Å²) in [4.78, 5) is 28.5. The number of carbonyl (C=O) groups excluding carboxylic acids is 2. The summed E-state index contributed by atoms with van der Waals surface area (Å²) in [6.45, 7) is 6.07. The predicted octanol–water partition coefficient (Wildman–Crippen LogP) is 2.29. The molecule has 1 saturated heterocycles. The van der Waals surface area contributed by atoms with Crippen LogP contribution in [0.15, 0.2) is 12.1 Å². The Morgan fingerprint density at radius 1 is 1.29 bits per heavy atom. The molecule has 6 heteroatoms. The first-order valence-electron chi connectivity index (χ1n) is 8.24. The van der Waals surface area contributed by atoms with Gasteiger partial charge >= 0.3 is 6.09 Å². The molecule has 0 spiro atoms. The maximum Gasteiger partial charge on any atom is 0.411 e. The molecule has 24 heavy (non-hydrogen) atoms. The zero-order chi connectivity index (χ0) is 17.6. The summed E-state index contributed by atoms with van der Waals surface area (Å²) < 4.78 is 10.8. The van der Waals surface area contributed by atoms with Crippen LogP contribution in [0.2, 0.25) is 0 Å². The van der Waals surface area contributed by atoms with E-state index in [0.717, 1.165) is 22.4 Å². The van der Waals surface area contributed by atoms with Crippen molar-refractivity contribution in [1.82, 2.24) is 9.80 Å². The third-order valence-corrected chi connectivity index (χ3v) is 4.76. The Labute approximate surface area is 142 Å². The van der Waals surface area contributed by atoms with E-state index >= 15 is 0 Å². The van der Waals surface area contributed by atoms with Crippen molar-refractivity contribution in [2.45, 2.75) is 45.4 Å². The van der Waals surface area contributed by atoms with Gasteiger partial charge in [-0.15, -0.1) is 0 Å². The standard InChI is InChI=1S/C18H24N2O4/c1-10(2)24-18(22)20-14-7-12-6-11(3)16(23-5)8-13(12)15(20)9-19(4)17(14)21/h6,8,10,14-15H,7,9H2,1-5H3/t14-,15-/m0/s1. The summed E-state index contributed by atoms with van der Waals surface area (Å²) >= 11 is 0. The minimum atomic E-state index is -0.500. The molecular formula is C18H24N2O4. The molecule has 0 aliphatic carbocycles. The van der Waals surface area contributed by atoms with E-state index in [9.17, 15) is 9.59 Å². The second kappa shape index (κ2) is 6.00. The molecule has 2 bridgehead atoms. The molecule has 1 aromatic carbocycles. The zero-order valence-corrected chi connectivity index (χ0v) is 14.8. The second-order valence-electron chi connectivity index (χ2n) is 6.81. The van der Waals surface area contributed by atoms with E-state index < -0.39 is 12.1 Å². The van der Waals surface area contributed by atoms with Crippen molar-refractivity contribution in [3.8, 4) is 5.75 Å². The topological polar surface area (TPSA) is 59.1 Å². The van der Waals surface area contributed by atoms with Crippen molar-refractivity contribution < 1.29 is 19.1 Å². The molecule has 2 atom stereocenters. The van der Waals surface area contributed by atoms with E-state index in [2.05, 4.69) is 6.07 Å². The van der Waals surface area contributed by atoms with Crippen molar-refractivity contribution in [3.63, 3.8) is 0 Å². The highest BCUT2D eigenvalue weighted by atomic mass is 16.6. The molecule has 2 aliphatic heterocycles. The Hall–Kier alpha value is -2.24. The number of hydrogen-bond acceptors (Lipinski definition) is 4. The van der Waals surface area contributed by atoms with Crippen LogP contribution >= 0.6 is 0 Å². The molecule has 0 aromatic heterocycles. The van der Waals surface area contributed by atoms with Gasteiger partial charge in [-0.2, -0.15) is 0 Å². The van der Waals surface area contributed by atoms with E-state index in [-0.39, 0.29) is 18.1 Å². The molecule has 1 fully saturated rings. The number of benzene rings is 1. The van der Waals surface area contributed by atoms with Crippen LogP contribution in [-0.2, 0) is 16.0 Å². The van der Waals surface area contributed by atoms with E-state index in [4.69, 9.17) is 9.47 Å². The van der Waals surface area contributed by atoms with Crippen molar-refractivity contribution in [1.29, 1.82) is 0 Å². The normalized spacial score (nSPS) is 22.5. The molecular weight excluding hydrogens is 308 g/mol. The van der Waals surface area contributed by atoms with Crippen LogP contribution in [0.3, 0.4) is 0 Å². The van der Waals surface area contributed by atoms with Gasteiger partial charge in [-0.3, -0.25) is 9.69 Å². The maximum atomic E-state index is 12.6. The molecule has 130 valence electrons. The largest absolute Gasteiger partial charge is 0.496 e. The number of likely N-dealkylation sites (N-methyl/N-ethyl adjacent to an activating group) is 1. The van der Waals surface area contributed by atoms with E-state index in [1.54, 1.807) is 24.0 Å². The fourth-order valence-corrected chi connectivity index (χ4v) is 3.66. The number of aryl methyl sites for hydroxylation is 1. The van der Waals surface area contributed by atoms with Crippen molar-refractivity contribution in [3.05, 3.63) is 28.8 Å². The molecule has 0 radical (unpaired) electrons. The number of rotatable bonds is 2. The van der Waals surface area contributed by atoms with E-state index in [1.807, 2.05) is 26.8 Å². The van der Waals surface area contributed by atoms with Gasteiger partial charge in [0.05, 0.1) is 19.3 Å². The summed E-state index contributed by atoms with van der Waals surface area (Å²) in [5.74, 6) is 0.759. The molecule has 3 rings (SSSR count). The van der Waals surface area contributed by atoms with Crippen molar-refractivity contribution >= 4 is 12.0 Å². The van der Waals surface area contributed by atoms with Gasteiger partial charge in [0, 0.05) is 20.0 Å². The first-order valence-corrected chi connectivity index (χ1v) is 8.24. The Kier molecular flexibility index (Phi) is 4.15. The lowest BCUT2D eigenvalue weighted by Crippen LogP contribution is -2.62. The Balaban J connectivity index is 2.07. The highest BCUT2D eigenvalue weighted by Gasteiger charge is 2.47. The van der Waals surface area contributed by atoms with Gasteiger partial charge in [-0.05, 0) is 43.5 Å². The quantitative estimate of drug-likeness (QED) is 0.834. The summed E-state index contributed by atoms with van der Waals surface area (Å²) in [7, 11) is 3.42. The van der Waals surface area contributed by atoms with Crippen molar-refractivity contribution in [2.24, 2.45) is 0 Å². The third kappa shape index (κ3) is 2.60. The number of ether oxygens (including phenoxy) is 2. The first-order chi connectivity index (χ1) is 11.3. The fourth-order valence-electron chi connectivity index (χ4n) is 3.66. The number of piperazine rings is 1. The SMILES string of the molecule is COc1cc2c(cc1C)C[C@H]1C(=O)N(C)C[C@@H]2N1C(=O)OC(C)C. The zero-order valence-electron chi connectivity index (χ0n) is 14.8. The monoisotopic (exact) mass is 332 g/mol. The number of hydrogen-bond donors (Lipinski definition) is 0. The summed E-state index contributed by atoms with van der Waals surface area (Å²) in [6.07, 6.45) is -0.140. The lowest BCUT2D eigenvalue weighted by Gasteiger charge is -2.48. The fraction of sp³-hybridized carbons (Fsp3) is 0.556. The van der Waals surface area contributed by atoms with Crippen LogP contribution in [0.25, 0.3) is 0 Å². The first kappa shape index (κ1) is 16.6. The Morgan fingerprint density at radius 2 is 2.00 bits per heavy atom. The summed E-state index contributed by atoms with van der Waals surface area (Å²) in [5.41, 5.74) is 3.18. The average molecular weight is 332 g/mol. The van der Waals surface area contributed by atoms with Gasteiger partial charge in [0.2, 0.25) is 5.91 Å². The third-order valence-electron chi connectivity index (χ3n) is 4.76. The van der Waals surface area contributed by atoms with Gasteiger partial charge in [0.15, 0.2) is 0 Å². The average Bonchev–Trinajstić information content (AvgIpc) is 2.51. The number of methoxy groups -OCH3 is 1. The minimum absolute atomic E-state index is 0.0360. The molecule has 2 amide bonds. The number of amides is 2. The van der Waals surface area contributed by atoms with Crippen LogP contribution in [0.1, 0.15) is 36.6 Å². The highest BCUT2D eigenvalue weighted by molar-refractivity contribution is 5.88. The Morgan fingerprint density at radius 3 is 2.62 bits per heavy atom. The van der Waals surface area contributed by atoms with Crippen LogP contribution in [0, 0.1) is 6.92 Å². The lowest BCUT2D eigenvalue weighted by molar-refractivity contribution is -0.143. The van der Waals surface area contributed by atoms with Crippen LogP contribution in [0.4, 0.5) is 4.79 Å². The molecule has 0 saturated carbocycles. The molecule has 0 N–H and O–H groups in total. The van der Waals surface area contributed by atoms with E-state index in [1.165, 1.54) is 0 Å². The summed E-state index contributed by atoms with van der Waals surface area (Å²) in [5, 5.41) is 0. The molecule has 1 aromatic rings. The molecule has 2 heterocycles. The smallest absolute Gasteiger partial charge is 0.411 e. The van der Waals surface area contributed by atoms with E-state index in [0.29, 0.717) is 13.0 Å². The molecule has 2 aliphatic rings. The number of carbonyl (C=O) groups is 2. The Bertz CT molecular complexity index is 686. The van der Waals surface area contributed by atoms with Gasteiger partial charge in [-0.1, -0.05) is 6.07 Å². The predicted molar refractivity (Wildman–Crippen MR) is 89.1 cm³/mol. The van der Waals surface area contributed by atoms with Crippen molar-refractivity contribution in [2.75, 3.05) is 20.7 Å². The molecule has 6 nitrogen and oxygen atoms in total. The van der Waals surface area contributed by atoms with Gasteiger partial charge in [0.1, 0.15) is 11.8 Å². The van der Waals surface area contributed by atoms with Gasteiger partial charge < -0.3 is 14.4 Å². The second-order valence-corrected chi connectivity index (χ2v) is 6.81. The maximum absolute atomic E-state index is 12.6. The van der Waals surface area contributed by atoms with Crippen LogP contribution in [-0.4, -0.2) is 54.6 Å². The highest BCUT2D eigenvalue weighted by Crippen LogP contribution is 2.40. The minimum Gasteiger partial charge on any atom is -0.496 e. The number of nitrogens with zero attached hydrogens (tertiary/aromatic N) is 2. The summed E-state index contributed by atoms with van der Waals surface area (Å²) in [6, 6.07) is 3.35. The number of fused-ring (bicyclic) bond motifs is 4. The van der Waals surface area contributed by atoms with Crippen LogP contribution in [0.5, 0.6) is 5.75 Å². The van der Waals surface area contributed by atoms with Gasteiger partial charge in [-0.25, -0.2) is 4.79 Å².